The normalized spacial score (nSPS) is 19.6. The Balaban J connectivity index is 1.49. The van der Waals surface area contributed by atoms with E-state index in [1.54, 1.807) is 18.5 Å². The Kier molecular flexibility index (Phi) is 4.79. The molecule has 0 saturated carbocycles. The number of nitrogens with one attached hydrogen (secondary N) is 1. The first kappa shape index (κ1) is 20.3. The molecule has 0 amide bonds. The van der Waals surface area contributed by atoms with Crippen LogP contribution in [0.3, 0.4) is 0 Å². The molecule has 0 aliphatic carbocycles. The first-order valence-corrected chi connectivity index (χ1v) is 9.97. The maximum Gasteiger partial charge on any atom is 0.434 e. The summed E-state index contributed by atoms with van der Waals surface area (Å²) >= 11 is 0. The number of piperidine rings is 1. The van der Waals surface area contributed by atoms with Crippen LogP contribution in [0.15, 0.2) is 37.1 Å². The number of fused-ring (bicyclic) bond motifs is 1. The molecule has 5 rings (SSSR count). The van der Waals surface area contributed by atoms with E-state index in [9.17, 15) is 17.6 Å². The van der Waals surface area contributed by atoms with Crippen molar-refractivity contribution in [3.05, 3.63) is 54.3 Å². The third-order valence-corrected chi connectivity index (χ3v) is 5.60. The van der Waals surface area contributed by atoms with Crippen molar-refractivity contribution in [1.82, 2.24) is 34.5 Å². The molecule has 1 fully saturated rings. The fourth-order valence-corrected chi connectivity index (χ4v) is 4.18. The van der Waals surface area contributed by atoms with Gasteiger partial charge in [-0.25, -0.2) is 19.9 Å². The lowest BCUT2D eigenvalue weighted by atomic mass is 9.86. The van der Waals surface area contributed by atoms with Crippen LogP contribution in [0.4, 0.5) is 23.4 Å². The van der Waals surface area contributed by atoms with Gasteiger partial charge < -0.3 is 4.90 Å². The summed E-state index contributed by atoms with van der Waals surface area (Å²) in [5.74, 6) is 0.547. The molecule has 0 spiro atoms. The highest BCUT2D eigenvalue weighted by Crippen LogP contribution is 2.33. The lowest BCUT2D eigenvalue weighted by molar-refractivity contribution is -0.141. The molecule has 1 saturated heterocycles. The molecule has 0 aromatic carbocycles. The van der Waals surface area contributed by atoms with Crippen molar-refractivity contribution in [3.63, 3.8) is 0 Å². The average molecular weight is 446 g/mol. The van der Waals surface area contributed by atoms with Gasteiger partial charge in [-0.05, 0) is 18.4 Å². The molecule has 4 aromatic rings. The van der Waals surface area contributed by atoms with Gasteiger partial charge in [-0.3, -0.25) is 9.50 Å². The van der Waals surface area contributed by atoms with Crippen molar-refractivity contribution in [1.29, 1.82) is 0 Å². The SMILES string of the molecule is C[C@@H]1C[C@H](c2c[nH]nc2F)CN(c2ccnc(-c3cnc4cnc(C(F)(F)F)cn34)n2)C1. The highest BCUT2D eigenvalue weighted by atomic mass is 19.4. The number of H-pyrrole nitrogens is 1. The van der Waals surface area contributed by atoms with Crippen LogP contribution in [0, 0.1) is 11.9 Å². The largest absolute Gasteiger partial charge is 0.434 e. The minimum Gasteiger partial charge on any atom is -0.356 e. The predicted octanol–water partition coefficient (Wildman–Crippen LogP) is 3.70. The molecule has 166 valence electrons. The van der Waals surface area contributed by atoms with Crippen LogP contribution in [0.5, 0.6) is 0 Å². The monoisotopic (exact) mass is 446 g/mol. The fraction of sp³-hybridized carbons (Fsp3) is 0.350. The number of rotatable bonds is 3. The Morgan fingerprint density at radius 1 is 1.12 bits per heavy atom. The number of aromatic nitrogens is 7. The standard InChI is InChI=1S/C20H18F4N8/c1-11-4-12(13-5-28-30-18(13)21)9-31(8-11)16-2-3-25-19(29-16)14-6-27-17-7-26-15(10-32(14)17)20(22,23)24/h2-3,5-7,10-12H,4,8-9H2,1H3,(H,28,30)/t11-,12+/m1/s1. The molecular weight excluding hydrogens is 428 g/mol. The van der Waals surface area contributed by atoms with E-state index in [1.807, 2.05) is 4.90 Å². The molecule has 1 aliphatic heterocycles. The maximum atomic E-state index is 14.0. The molecule has 4 aromatic heterocycles. The van der Waals surface area contributed by atoms with Crippen LogP contribution in [0.2, 0.25) is 0 Å². The first-order valence-electron chi connectivity index (χ1n) is 9.97. The van der Waals surface area contributed by atoms with E-state index >= 15 is 0 Å². The predicted molar refractivity (Wildman–Crippen MR) is 106 cm³/mol. The number of nitrogens with zero attached hydrogens (tertiary/aromatic N) is 7. The van der Waals surface area contributed by atoms with Gasteiger partial charge in [0.05, 0.1) is 12.4 Å². The van der Waals surface area contributed by atoms with Gasteiger partial charge in [0, 0.05) is 43.2 Å². The van der Waals surface area contributed by atoms with Gasteiger partial charge in [0.2, 0.25) is 5.95 Å². The van der Waals surface area contributed by atoms with Crippen LogP contribution in [0.25, 0.3) is 17.2 Å². The van der Waals surface area contributed by atoms with Crippen molar-refractivity contribution in [2.24, 2.45) is 5.92 Å². The van der Waals surface area contributed by atoms with Crippen LogP contribution in [-0.4, -0.2) is 47.6 Å². The van der Waals surface area contributed by atoms with Crippen molar-refractivity contribution in [2.45, 2.75) is 25.4 Å². The molecule has 0 bridgehead atoms. The summed E-state index contributed by atoms with van der Waals surface area (Å²) in [7, 11) is 0. The molecule has 12 heteroatoms. The number of aromatic amines is 1. The molecule has 5 heterocycles. The maximum absolute atomic E-state index is 14.0. The Morgan fingerprint density at radius 3 is 2.72 bits per heavy atom. The lowest BCUT2D eigenvalue weighted by Gasteiger charge is -2.37. The van der Waals surface area contributed by atoms with Crippen LogP contribution in [0.1, 0.15) is 30.5 Å². The number of halogens is 4. The van der Waals surface area contributed by atoms with Crippen LogP contribution >= 0.6 is 0 Å². The van der Waals surface area contributed by atoms with Gasteiger partial charge in [0.25, 0.3) is 0 Å². The molecule has 2 atom stereocenters. The van der Waals surface area contributed by atoms with E-state index in [-0.39, 0.29) is 23.3 Å². The second-order valence-electron chi connectivity index (χ2n) is 7.95. The number of imidazole rings is 1. The Labute approximate surface area is 179 Å². The Bertz CT molecular complexity index is 1260. The Hall–Kier alpha value is -3.57. The van der Waals surface area contributed by atoms with E-state index in [0.717, 1.165) is 18.8 Å². The fourth-order valence-electron chi connectivity index (χ4n) is 4.18. The zero-order valence-corrected chi connectivity index (χ0v) is 16.9. The highest BCUT2D eigenvalue weighted by Gasteiger charge is 2.33. The number of hydrogen-bond donors (Lipinski definition) is 1. The van der Waals surface area contributed by atoms with E-state index in [4.69, 9.17) is 0 Å². The smallest absolute Gasteiger partial charge is 0.356 e. The molecule has 0 radical (unpaired) electrons. The second kappa shape index (κ2) is 7.53. The van der Waals surface area contributed by atoms with Gasteiger partial charge in [-0.2, -0.15) is 17.6 Å². The minimum absolute atomic E-state index is 0.0628. The van der Waals surface area contributed by atoms with Gasteiger partial charge in [0.1, 0.15) is 11.5 Å². The van der Waals surface area contributed by atoms with Crippen molar-refractivity contribution < 1.29 is 17.6 Å². The molecule has 1 aliphatic rings. The van der Waals surface area contributed by atoms with Crippen molar-refractivity contribution in [3.8, 4) is 11.5 Å². The molecular formula is C20H18F4N8. The summed E-state index contributed by atoms with van der Waals surface area (Å²) in [5, 5.41) is 6.15. The molecule has 8 nitrogen and oxygen atoms in total. The van der Waals surface area contributed by atoms with Gasteiger partial charge in [-0.15, -0.1) is 5.10 Å². The number of anilines is 1. The van der Waals surface area contributed by atoms with E-state index in [2.05, 4.69) is 37.1 Å². The van der Waals surface area contributed by atoms with Crippen LogP contribution < -0.4 is 4.90 Å². The lowest BCUT2D eigenvalue weighted by Crippen LogP contribution is -2.39. The highest BCUT2D eigenvalue weighted by molar-refractivity contribution is 5.58. The second-order valence-corrected chi connectivity index (χ2v) is 7.95. The average Bonchev–Trinajstić information content (AvgIpc) is 3.38. The van der Waals surface area contributed by atoms with E-state index < -0.39 is 17.8 Å². The van der Waals surface area contributed by atoms with Crippen LogP contribution in [-0.2, 0) is 6.18 Å². The number of alkyl halides is 3. The summed E-state index contributed by atoms with van der Waals surface area (Å²) < 4.78 is 54.6. The zero-order valence-electron chi connectivity index (χ0n) is 16.9. The summed E-state index contributed by atoms with van der Waals surface area (Å²) in [6.07, 6.45) is 2.72. The molecule has 1 N–H and O–H groups in total. The Morgan fingerprint density at radius 2 is 1.97 bits per heavy atom. The van der Waals surface area contributed by atoms with E-state index in [1.165, 1.54) is 10.6 Å². The first-order chi connectivity index (χ1) is 15.3. The molecule has 0 unspecified atom stereocenters. The third-order valence-electron chi connectivity index (χ3n) is 5.60. The quantitative estimate of drug-likeness (QED) is 0.483. The summed E-state index contributed by atoms with van der Waals surface area (Å²) in [5.41, 5.74) is 0.0707. The number of hydrogen-bond acceptors (Lipinski definition) is 6. The summed E-state index contributed by atoms with van der Waals surface area (Å²) in [6.45, 7) is 3.32. The topological polar surface area (TPSA) is 87.9 Å². The van der Waals surface area contributed by atoms with Gasteiger partial charge >= 0.3 is 6.18 Å². The summed E-state index contributed by atoms with van der Waals surface area (Å²) in [4.78, 5) is 18.4. The van der Waals surface area contributed by atoms with Crippen molar-refractivity contribution in [2.75, 3.05) is 18.0 Å². The van der Waals surface area contributed by atoms with Crippen molar-refractivity contribution >= 4 is 11.5 Å². The zero-order chi connectivity index (χ0) is 22.5. The molecule has 32 heavy (non-hydrogen) atoms. The summed E-state index contributed by atoms with van der Waals surface area (Å²) in [6, 6.07) is 1.73. The minimum atomic E-state index is -4.58. The third kappa shape index (κ3) is 3.65. The van der Waals surface area contributed by atoms with Gasteiger partial charge in [0.15, 0.2) is 17.2 Å². The van der Waals surface area contributed by atoms with Gasteiger partial charge in [-0.1, -0.05) is 6.92 Å². The van der Waals surface area contributed by atoms with E-state index in [0.29, 0.717) is 30.2 Å².